The Balaban J connectivity index is 2.00. The highest BCUT2D eigenvalue weighted by Gasteiger charge is 2.09. The van der Waals surface area contributed by atoms with Crippen molar-refractivity contribution in [2.45, 2.75) is 6.92 Å². The Morgan fingerprint density at radius 1 is 1.10 bits per heavy atom. The van der Waals surface area contributed by atoms with Gasteiger partial charge in [-0.1, -0.05) is 18.2 Å². The Morgan fingerprint density at radius 3 is 2.80 bits per heavy atom. The van der Waals surface area contributed by atoms with Gasteiger partial charge in [0, 0.05) is 24.0 Å². The fourth-order valence-electron chi connectivity index (χ4n) is 2.12. The van der Waals surface area contributed by atoms with E-state index in [-0.39, 0.29) is 5.91 Å². The van der Waals surface area contributed by atoms with Gasteiger partial charge in [-0.25, -0.2) is 0 Å². The monoisotopic (exact) mass is 263 g/mol. The molecule has 0 spiro atoms. The largest absolute Gasteiger partial charge is 0.321 e. The van der Waals surface area contributed by atoms with Crippen molar-refractivity contribution in [3.8, 4) is 0 Å². The summed E-state index contributed by atoms with van der Waals surface area (Å²) in [6.45, 7) is 2.00. The summed E-state index contributed by atoms with van der Waals surface area (Å²) < 4.78 is 0. The third-order valence-corrected chi connectivity index (χ3v) is 3.14. The number of carbonyl (C=O) groups is 1. The maximum Gasteiger partial charge on any atom is 0.257 e. The molecule has 2 heterocycles. The molecule has 4 nitrogen and oxygen atoms in total. The minimum atomic E-state index is -0.174. The number of para-hydroxylation sites is 1. The number of aryl methyl sites for hydroxylation is 1. The zero-order chi connectivity index (χ0) is 13.9. The third kappa shape index (κ3) is 2.23. The number of amides is 1. The number of carbonyl (C=O) groups excluding carboxylic acids is 1. The molecule has 3 rings (SSSR count). The molecule has 0 fully saturated rings. The minimum Gasteiger partial charge on any atom is -0.321 e. The molecule has 0 radical (unpaired) electrons. The van der Waals surface area contributed by atoms with Crippen LogP contribution >= 0.6 is 0 Å². The first kappa shape index (κ1) is 12.3. The quantitative estimate of drug-likeness (QED) is 0.772. The molecule has 0 saturated heterocycles. The van der Waals surface area contributed by atoms with Gasteiger partial charge in [0.25, 0.3) is 5.91 Å². The van der Waals surface area contributed by atoms with Crippen LogP contribution in [0.25, 0.3) is 10.9 Å². The molecule has 0 atom stereocenters. The molecule has 3 aromatic rings. The maximum absolute atomic E-state index is 12.2. The number of hydrogen-bond acceptors (Lipinski definition) is 3. The normalized spacial score (nSPS) is 10.4. The van der Waals surface area contributed by atoms with Crippen LogP contribution in [0.3, 0.4) is 0 Å². The van der Waals surface area contributed by atoms with E-state index in [2.05, 4.69) is 15.3 Å². The summed E-state index contributed by atoms with van der Waals surface area (Å²) in [7, 11) is 0. The highest BCUT2D eigenvalue weighted by atomic mass is 16.1. The topological polar surface area (TPSA) is 54.9 Å². The van der Waals surface area contributed by atoms with Crippen molar-refractivity contribution in [3.05, 3.63) is 66.1 Å². The van der Waals surface area contributed by atoms with Crippen molar-refractivity contribution < 1.29 is 4.79 Å². The zero-order valence-electron chi connectivity index (χ0n) is 11.0. The van der Waals surface area contributed by atoms with Crippen LogP contribution in [-0.2, 0) is 0 Å². The molecule has 2 aromatic heterocycles. The van der Waals surface area contributed by atoms with E-state index >= 15 is 0 Å². The van der Waals surface area contributed by atoms with Crippen LogP contribution in [-0.4, -0.2) is 15.9 Å². The van der Waals surface area contributed by atoms with Crippen molar-refractivity contribution in [2.24, 2.45) is 0 Å². The van der Waals surface area contributed by atoms with Crippen LogP contribution < -0.4 is 5.32 Å². The second-order valence-electron chi connectivity index (χ2n) is 4.53. The van der Waals surface area contributed by atoms with Crippen LogP contribution in [0.2, 0.25) is 0 Å². The lowest BCUT2D eigenvalue weighted by Gasteiger charge is -2.09. The summed E-state index contributed by atoms with van der Waals surface area (Å²) in [4.78, 5) is 20.5. The Morgan fingerprint density at radius 2 is 2.00 bits per heavy atom. The van der Waals surface area contributed by atoms with Gasteiger partial charge in [-0.15, -0.1) is 0 Å². The summed E-state index contributed by atoms with van der Waals surface area (Å²) in [6, 6.07) is 11.2. The van der Waals surface area contributed by atoms with E-state index in [0.717, 1.165) is 22.2 Å². The van der Waals surface area contributed by atoms with Crippen molar-refractivity contribution in [3.63, 3.8) is 0 Å². The van der Waals surface area contributed by atoms with Crippen molar-refractivity contribution >= 4 is 22.5 Å². The lowest BCUT2D eigenvalue weighted by Crippen LogP contribution is -2.12. The number of nitrogens with one attached hydrogen (secondary N) is 1. The maximum atomic E-state index is 12.2. The van der Waals surface area contributed by atoms with Crippen molar-refractivity contribution in [2.75, 3.05) is 5.32 Å². The average Bonchev–Trinajstić information content (AvgIpc) is 2.49. The summed E-state index contributed by atoms with van der Waals surface area (Å²) >= 11 is 0. The van der Waals surface area contributed by atoms with Crippen LogP contribution in [0.1, 0.15) is 15.9 Å². The molecule has 98 valence electrons. The first-order valence-electron chi connectivity index (χ1n) is 6.31. The first-order chi connectivity index (χ1) is 9.75. The number of hydrogen-bond donors (Lipinski definition) is 1. The summed E-state index contributed by atoms with van der Waals surface area (Å²) in [5, 5.41) is 3.84. The van der Waals surface area contributed by atoms with Gasteiger partial charge in [-0.3, -0.25) is 14.8 Å². The molecule has 20 heavy (non-hydrogen) atoms. The van der Waals surface area contributed by atoms with Crippen LogP contribution in [0.15, 0.2) is 55.0 Å². The molecule has 0 saturated carbocycles. The molecule has 4 heteroatoms. The van der Waals surface area contributed by atoms with E-state index < -0.39 is 0 Å². The predicted molar refractivity (Wildman–Crippen MR) is 78.7 cm³/mol. The van der Waals surface area contributed by atoms with Crippen molar-refractivity contribution in [1.29, 1.82) is 0 Å². The van der Waals surface area contributed by atoms with E-state index in [1.165, 1.54) is 0 Å². The fourth-order valence-corrected chi connectivity index (χ4v) is 2.12. The number of benzene rings is 1. The number of anilines is 1. The Labute approximate surface area is 116 Å². The summed E-state index contributed by atoms with van der Waals surface area (Å²) in [6.07, 6.45) is 4.89. The van der Waals surface area contributed by atoms with E-state index in [4.69, 9.17) is 0 Å². The molecule has 1 N–H and O–H groups in total. The highest BCUT2D eigenvalue weighted by molar-refractivity contribution is 6.08. The third-order valence-electron chi connectivity index (χ3n) is 3.14. The first-order valence-corrected chi connectivity index (χ1v) is 6.31. The van der Waals surface area contributed by atoms with Gasteiger partial charge >= 0.3 is 0 Å². The Kier molecular flexibility index (Phi) is 3.13. The second kappa shape index (κ2) is 5.09. The molecule has 1 amide bonds. The predicted octanol–water partition coefficient (Wildman–Crippen LogP) is 3.19. The number of aromatic nitrogens is 2. The molecule has 0 aliphatic rings. The highest BCUT2D eigenvalue weighted by Crippen LogP contribution is 2.24. The molecule has 0 aliphatic carbocycles. The smallest absolute Gasteiger partial charge is 0.257 e. The standard InChI is InChI=1S/C16H13N3O/c1-11-4-2-6-13-14(7-9-18-15(11)13)19-16(20)12-5-3-8-17-10-12/h2-10H,1H3,(H,18,19,20). The number of pyridine rings is 2. The summed E-state index contributed by atoms with van der Waals surface area (Å²) in [5.41, 5.74) is 3.27. The van der Waals surface area contributed by atoms with Gasteiger partial charge in [0.05, 0.1) is 16.8 Å². The molecule has 0 unspecified atom stereocenters. The van der Waals surface area contributed by atoms with Gasteiger partial charge < -0.3 is 5.32 Å². The average molecular weight is 263 g/mol. The lowest BCUT2D eigenvalue weighted by molar-refractivity contribution is 0.102. The molecule has 0 aliphatic heterocycles. The fraction of sp³-hybridized carbons (Fsp3) is 0.0625. The number of rotatable bonds is 2. The van der Waals surface area contributed by atoms with Gasteiger partial charge in [0.1, 0.15) is 0 Å². The lowest BCUT2D eigenvalue weighted by atomic mass is 10.1. The number of fused-ring (bicyclic) bond motifs is 1. The van der Waals surface area contributed by atoms with Gasteiger partial charge in [-0.05, 0) is 30.7 Å². The van der Waals surface area contributed by atoms with E-state index in [9.17, 15) is 4.79 Å². The number of nitrogens with zero attached hydrogens (tertiary/aromatic N) is 2. The van der Waals surface area contributed by atoms with Crippen LogP contribution in [0.5, 0.6) is 0 Å². The Hall–Kier alpha value is -2.75. The summed E-state index contributed by atoms with van der Waals surface area (Å²) in [5.74, 6) is -0.174. The van der Waals surface area contributed by atoms with E-state index in [1.54, 1.807) is 36.8 Å². The minimum absolute atomic E-state index is 0.174. The van der Waals surface area contributed by atoms with E-state index in [0.29, 0.717) is 5.56 Å². The van der Waals surface area contributed by atoms with Crippen LogP contribution in [0, 0.1) is 6.92 Å². The molecule has 0 bridgehead atoms. The SMILES string of the molecule is Cc1cccc2c(NC(=O)c3cccnc3)ccnc12. The molecule has 1 aromatic carbocycles. The van der Waals surface area contributed by atoms with Gasteiger partial charge in [0.15, 0.2) is 0 Å². The van der Waals surface area contributed by atoms with Gasteiger partial charge in [-0.2, -0.15) is 0 Å². The second-order valence-corrected chi connectivity index (χ2v) is 4.53. The van der Waals surface area contributed by atoms with Crippen molar-refractivity contribution in [1.82, 2.24) is 9.97 Å². The van der Waals surface area contributed by atoms with Crippen LogP contribution in [0.4, 0.5) is 5.69 Å². The Bertz CT molecular complexity index is 769. The molecular formula is C16H13N3O. The zero-order valence-corrected chi connectivity index (χ0v) is 11.0. The molecular weight excluding hydrogens is 250 g/mol. The van der Waals surface area contributed by atoms with Gasteiger partial charge in [0.2, 0.25) is 0 Å². The van der Waals surface area contributed by atoms with E-state index in [1.807, 2.05) is 25.1 Å².